The van der Waals surface area contributed by atoms with Crippen LogP contribution < -0.4 is 15.4 Å². The molecule has 0 spiro atoms. The molecular formula is C15H20N4O. The Kier molecular flexibility index (Phi) is 4.76. The van der Waals surface area contributed by atoms with Gasteiger partial charge in [0, 0.05) is 31.0 Å². The minimum Gasteiger partial charge on any atom is -0.481 e. The molecule has 0 saturated carbocycles. The molecule has 0 unspecified atom stereocenters. The van der Waals surface area contributed by atoms with Gasteiger partial charge in [0.2, 0.25) is 11.8 Å². The fraction of sp³-hybridized carbons (Fsp3) is 0.333. The summed E-state index contributed by atoms with van der Waals surface area (Å²) in [6.45, 7) is 3.74. The Morgan fingerprint density at radius 2 is 2.15 bits per heavy atom. The SMILES string of the molecule is CCCN(Cc1cccc(N)c1)c1nccc(OC)n1. The van der Waals surface area contributed by atoms with Gasteiger partial charge in [-0.3, -0.25) is 0 Å². The molecule has 0 aliphatic rings. The highest BCUT2D eigenvalue weighted by molar-refractivity contribution is 5.42. The van der Waals surface area contributed by atoms with Gasteiger partial charge in [0.15, 0.2) is 0 Å². The molecule has 0 aliphatic carbocycles. The summed E-state index contributed by atoms with van der Waals surface area (Å²) < 4.78 is 5.15. The van der Waals surface area contributed by atoms with Crippen LogP contribution in [0.1, 0.15) is 18.9 Å². The van der Waals surface area contributed by atoms with E-state index in [9.17, 15) is 0 Å². The first-order chi connectivity index (χ1) is 9.72. The molecule has 1 aromatic carbocycles. The average Bonchev–Trinajstić information content (AvgIpc) is 2.47. The van der Waals surface area contributed by atoms with Crippen molar-refractivity contribution in [2.75, 3.05) is 24.3 Å². The summed E-state index contributed by atoms with van der Waals surface area (Å²) >= 11 is 0. The number of nitrogen functional groups attached to an aromatic ring is 1. The van der Waals surface area contributed by atoms with Crippen LogP contribution in [0.5, 0.6) is 5.88 Å². The number of hydrogen-bond acceptors (Lipinski definition) is 5. The lowest BCUT2D eigenvalue weighted by Gasteiger charge is -2.22. The zero-order chi connectivity index (χ0) is 14.4. The van der Waals surface area contributed by atoms with E-state index in [1.165, 1.54) is 0 Å². The third-order valence-corrected chi connectivity index (χ3v) is 2.93. The minimum absolute atomic E-state index is 0.573. The zero-order valence-electron chi connectivity index (χ0n) is 11.9. The Hall–Kier alpha value is -2.30. The summed E-state index contributed by atoms with van der Waals surface area (Å²) in [5, 5.41) is 0. The molecule has 0 saturated heterocycles. The second-order valence-electron chi connectivity index (χ2n) is 4.57. The van der Waals surface area contributed by atoms with Crippen molar-refractivity contribution in [3.05, 3.63) is 42.1 Å². The van der Waals surface area contributed by atoms with E-state index < -0.39 is 0 Å². The predicted molar refractivity (Wildman–Crippen MR) is 80.8 cm³/mol. The van der Waals surface area contributed by atoms with Crippen LogP contribution >= 0.6 is 0 Å². The standard InChI is InChI=1S/C15H20N4O/c1-3-9-19(11-12-5-4-6-13(16)10-12)15-17-8-7-14(18-15)20-2/h4-8,10H,3,9,11,16H2,1-2H3. The molecule has 106 valence electrons. The summed E-state index contributed by atoms with van der Waals surface area (Å²) in [4.78, 5) is 10.8. The van der Waals surface area contributed by atoms with Crippen molar-refractivity contribution >= 4 is 11.6 Å². The second kappa shape index (κ2) is 6.75. The molecule has 0 atom stereocenters. The number of ether oxygens (including phenoxy) is 1. The van der Waals surface area contributed by atoms with Gasteiger partial charge in [-0.25, -0.2) is 4.98 Å². The summed E-state index contributed by atoms with van der Waals surface area (Å²) in [6.07, 6.45) is 2.73. The van der Waals surface area contributed by atoms with E-state index in [0.717, 1.165) is 30.8 Å². The predicted octanol–water partition coefficient (Wildman–Crippen LogP) is 2.48. The van der Waals surface area contributed by atoms with Crippen LogP contribution in [0.4, 0.5) is 11.6 Å². The topological polar surface area (TPSA) is 64.3 Å². The van der Waals surface area contributed by atoms with Crippen molar-refractivity contribution in [3.63, 3.8) is 0 Å². The molecule has 0 fully saturated rings. The number of hydrogen-bond donors (Lipinski definition) is 1. The van der Waals surface area contributed by atoms with Crippen molar-refractivity contribution < 1.29 is 4.74 Å². The van der Waals surface area contributed by atoms with E-state index in [0.29, 0.717) is 11.8 Å². The lowest BCUT2D eigenvalue weighted by atomic mass is 10.2. The quantitative estimate of drug-likeness (QED) is 0.818. The highest BCUT2D eigenvalue weighted by atomic mass is 16.5. The summed E-state index contributed by atoms with van der Waals surface area (Å²) in [6, 6.07) is 9.62. The number of methoxy groups -OCH3 is 1. The Morgan fingerprint density at radius 3 is 2.85 bits per heavy atom. The van der Waals surface area contributed by atoms with Gasteiger partial charge in [0.25, 0.3) is 0 Å². The van der Waals surface area contributed by atoms with E-state index in [1.54, 1.807) is 19.4 Å². The maximum absolute atomic E-state index is 5.82. The first-order valence-electron chi connectivity index (χ1n) is 6.69. The Balaban J connectivity index is 2.21. The molecule has 1 aromatic heterocycles. The summed E-state index contributed by atoms with van der Waals surface area (Å²) in [7, 11) is 1.61. The number of rotatable bonds is 6. The van der Waals surface area contributed by atoms with Gasteiger partial charge in [-0.2, -0.15) is 4.98 Å². The number of aromatic nitrogens is 2. The van der Waals surface area contributed by atoms with Crippen molar-refractivity contribution in [1.82, 2.24) is 9.97 Å². The lowest BCUT2D eigenvalue weighted by molar-refractivity contribution is 0.396. The molecule has 2 rings (SSSR count). The van der Waals surface area contributed by atoms with Gasteiger partial charge in [0.1, 0.15) is 0 Å². The molecule has 0 radical (unpaired) electrons. The van der Waals surface area contributed by atoms with Crippen LogP contribution in [0.2, 0.25) is 0 Å². The normalized spacial score (nSPS) is 10.3. The molecule has 0 amide bonds. The van der Waals surface area contributed by atoms with Crippen LogP contribution in [0.15, 0.2) is 36.5 Å². The average molecular weight is 272 g/mol. The first-order valence-corrected chi connectivity index (χ1v) is 6.69. The maximum atomic E-state index is 5.82. The summed E-state index contributed by atoms with van der Waals surface area (Å²) in [5.74, 6) is 1.25. The van der Waals surface area contributed by atoms with Gasteiger partial charge in [-0.15, -0.1) is 0 Å². The van der Waals surface area contributed by atoms with Crippen LogP contribution in [0.25, 0.3) is 0 Å². The molecule has 20 heavy (non-hydrogen) atoms. The summed E-state index contributed by atoms with van der Waals surface area (Å²) in [5.41, 5.74) is 7.74. The van der Waals surface area contributed by atoms with Gasteiger partial charge in [-0.1, -0.05) is 19.1 Å². The van der Waals surface area contributed by atoms with Crippen molar-refractivity contribution in [1.29, 1.82) is 0 Å². The fourth-order valence-corrected chi connectivity index (χ4v) is 2.03. The lowest BCUT2D eigenvalue weighted by Crippen LogP contribution is -2.25. The largest absolute Gasteiger partial charge is 0.481 e. The maximum Gasteiger partial charge on any atom is 0.228 e. The highest BCUT2D eigenvalue weighted by Crippen LogP contribution is 2.17. The van der Waals surface area contributed by atoms with Gasteiger partial charge in [0.05, 0.1) is 7.11 Å². The van der Waals surface area contributed by atoms with Crippen LogP contribution in [-0.2, 0) is 6.54 Å². The van der Waals surface area contributed by atoms with E-state index in [1.807, 2.05) is 18.2 Å². The van der Waals surface area contributed by atoms with Crippen molar-refractivity contribution in [3.8, 4) is 5.88 Å². The van der Waals surface area contributed by atoms with Gasteiger partial charge in [-0.05, 0) is 24.1 Å². The Bertz CT molecular complexity index is 559. The van der Waals surface area contributed by atoms with Gasteiger partial charge < -0.3 is 15.4 Å². The van der Waals surface area contributed by atoms with Crippen LogP contribution in [0, 0.1) is 0 Å². The van der Waals surface area contributed by atoms with Crippen molar-refractivity contribution in [2.24, 2.45) is 0 Å². The second-order valence-corrected chi connectivity index (χ2v) is 4.57. The molecule has 5 heteroatoms. The van der Waals surface area contributed by atoms with Gasteiger partial charge >= 0.3 is 0 Å². The smallest absolute Gasteiger partial charge is 0.228 e. The first kappa shape index (κ1) is 14.1. The number of nitrogens with zero attached hydrogens (tertiary/aromatic N) is 3. The highest BCUT2D eigenvalue weighted by Gasteiger charge is 2.10. The number of nitrogens with two attached hydrogens (primary N) is 1. The van der Waals surface area contributed by atoms with E-state index >= 15 is 0 Å². The molecule has 0 aliphatic heterocycles. The van der Waals surface area contributed by atoms with E-state index in [4.69, 9.17) is 10.5 Å². The number of benzene rings is 1. The monoisotopic (exact) mass is 272 g/mol. The zero-order valence-corrected chi connectivity index (χ0v) is 11.9. The third kappa shape index (κ3) is 3.60. The molecule has 2 N–H and O–H groups in total. The molecule has 0 bridgehead atoms. The molecular weight excluding hydrogens is 252 g/mol. The van der Waals surface area contributed by atoms with Crippen LogP contribution in [0.3, 0.4) is 0 Å². The van der Waals surface area contributed by atoms with E-state index in [2.05, 4.69) is 27.9 Å². The van der Waals surface area contributed by atoms with Crippen LogP contribution in [-0.4, -0.2) is 23.6 Å². The fourth-order valence-electron chi connectivity index (χ4n) is 2.03. The van der Waals surface area contributed by atoms with E-state index in [-0.39, 0.29) is 0 Å². The third-order valence-electron chi connectivity index (χ3n) is 2.93. The number of anilines is 2. The molecule has 1 heterocycles. The molecule has 2 aromatic rings. The van der Waals surface area contributed by atoms with Crippen molar-refractivity contribution in [2.45, 2.75) is 19.9 Å². The molecule has 5 nitrogen and oxygen atoms in total. The minimum atomic E-state index is 0.573. The Labute approximate surface area is 119 Å². The Morgan fingerprint density at radius 1 is 1.30 bits per heavy atom.